The molecule has 11 heteroatoms. The Morgan fingerprint density at radius 1 is 0.897 bits per heavy atom. The van der Waals surface area contributed by atoms with E-state index in [9.17, 15) is 22.4 Å². The zero-order valence-corrected chi connectivity index (χ0v) is 24.1. The Kier molecular flexibility index (Phi) is 10.4. The molecule has 2 amide bonds. The Morgan fingerprint density at radius 2 is 1.49 bits per heavy atom. The van der Waals surface area contributed by atoms with Crippen LogP contribution in [0, 0.1) is 11.7 Å². The zero-order valence-electron chi connectivity index (χ0n) is 21.8. The van der Waals surface area contributed by atoms with Crippen molar-refractivity contribution in [3.63, 3.8) is 0 Å². The number of halogens is 3. The molecule has 0 aliphatic carbocycles. The molecule has 0 heterocycles. The number of benzene rings is 3. The van der Waals surface area contributed by atoms with E-state index in [0.717, 1.165) is 6.07 Å². The van der Waals surface area contributed by atoms with Crippen LogP contribution >= 0.6 is 23.2 Å². The quantitative estimate of drug-likeness (QED) is 0.317. The van der Waals surface area contributed by atoms with Crippen LogP contribution in [0.1, 0.15) is 26.3 Å². The van der Waals surface area contributed by atoms with E-state index in [4.69, 9.17) is 23.2 Å². The summed E-state index contributed by atoms with van der Waals surface area (Å²) in [4.78, 5) is 27.9. The number of amides is 2. The van der Waals surface area contributed by atoms with Crippen molar-refractivity contribution in [1.82, 2.24) is 10.2 Å². The number of rotatable bonds is 11. The molecule has 0 fully saturated rings. The summed E-state index contributed by atoms with van der Waals surface area (Å²) in [5.74, 6) is -1.85. The standard InChI is InChI=1S/C28H30Cl2FN3O4S/c1-19(2)16-32-28(36)20(3)33(17-22-23(29)12-9-13-24(22)30)27(35)18-34(26-15-8-7-14-25(26)31)39(37,38)21-10-5-4-6-11-21/h4-15,19-20H,16-18H2,1-3H3,(H,32,36). The van der Waals surface area contributed by atoms with Gasteiger partial charge in [0.1, 0.15) is 18.4 Å². The number of nitrogens with zero attached hydrogens (tertiary/aromatic N) is 2. The third-order valence-corrected chi connectivity index (χ3v) is 8.46. The molecule has 0 saturated heterocycles. The number of sulfonamides is 1. The molecule has 0 aliphatic heterocycles. The van der Waals surface area contributed by atoms with E-state index in [1.807, 2.05) is 13.8 Å². The van der Waals surface area contributed by atoms with Crippen LogP contribution in [-0.2, 0) is 26.2 Å². The Hall–Kier alpha value is -3.14. The minimum absolute atomic E-state index is 0.121. The number of para-hydroxylation sites is 1. The first-order valence-electron chi connectivity index (χ1n) is 12.3. The van der Waals surface area contributed by atoms with Gasteiger partial charge < -0.3 is 10.2 Å². The van der Waals surface area contributed by atoms with Crippen LogP contribution in [0.5, 0.6) is 0 Å². The maximum atomic E-state index is 14.9. The smallest absolute Gasteiger partial charge is 0.264 e. The molecule has 3 rings (SSSR count). The lowest BCUT2D eigenvalue weighted by Gasteiger charge is -2.32. The summed E-state index contributed by atoms with van der Waals surface area (Å²) in [5.41, 5.74) is 0.0865. The molecule has 1 N–H and O–H groups in total. The van der Waals surface area contributed by atoms with Gasteiger partial charge in [0.25, 0.3) is 10.0 Å². The lowest BCUT2D eigenvalue weighted by Crippen LogP contribution is -2.51. The molecule has 0 bridgehead atoms. The highest BCUT2D eigenvalue weighted by molar-refractivity contribution is 7.92. The Balaban J connectivity index is 2.05. The first-order valence-corrected chi connectivity index (χ1v) is 14.5. The van der Waals surface area contributed by atoms with Crippen molar-refractivity contribution >= 4 is 50.7 Å². The number of hydrogen-bond donors (Lipinski definition) is 1. The van der Waals surface area contributed by atoms with Gasteiger partial charge in [0.15, 0.2) is 0 Å². The van der Waals surface area contributed by atoms with E-state index in [1.54, 1.807) is 24.3 Å². The van der Waals surface area contributed by atoms with Crippen LogP contribution in [0.4, 0.5) is 10.1 Å². The van der Waals surface area contributed by atoms with Crippen LogP contribution in [-0.4, -0.2) is 44.3 Å². The summed E-state index contributed by atoms with van der Waals surface area (Å²) in [6.45, 7) is 4.81. The predicted molar refractivity (Wildman–Crippen MR) is 152 cm³/mol. The van der Waals surface area contributed by atoms with E-state index < -0.39 is 40.2 Å². The van der Waals surface area contributed by atoms with E-state index in [2.05, 4.69) is 5.32 Å². The Bertz CT molecular complexity index is 1400. The molecule has 208 valence electrons. The van der Waals surface area contributed by atoms with E-state index >= 15 is 0 Å². The fourth-order valence-corrected chi connectivity index (χ4v) is 5.74. The first kappa shape index (κ1) is 30.4. The number of anilines is 1. The van der Waals surface area contributed by atoms with Crippen LogP contribution in [0.25, 0.3) is 0 Å². The third-order valence-electron chi connectivity index (χ3n) is 5.97. The summed E-state index contributed by atoms with van der Waals surface area (Å²) >= 11 is 12.7. The van der Waals surface area contributed by atoms with Crippen molar-refractivity contribution in [2.45, 2.75) is 38.3 Å². The average Bonchev–Trinajstić information content (AvgIpc) is 2.90. The Labute approximate surface area is 238 Å². The van der Waals surface area contributed by atoms with E-state index in [1.165, 1.54) is 54.3 Å². The molecule has 0 saturated carbocycles. The SMILES string of the molecule is CC(C)CNC(=O)C(C)N(Cc1c(Cl)cccc1Cl)C(=O)CN(c1ccccc1F)S(=O)(=O)c1ccccc1. The summed E-state index contributed by atoms with van der Waals surface area (Å²) in [7, 11) is -4.37. The third kappa shape index (κ3) is 7.50. The fourth-order valence-electron chi connectivity index (χ4n) is 3.78. The van der Waals surface area contributed by atoms with Crippen LogP contribution in [0.2, 0.25) is 10.0 Å². The van der Waals surface area contributed by atoms with Gasteiger partial charge in [-0.1, -0.05) is 73.4 Å². The van der Waals surface area contributed by atoms with Crippen molar-refractivity contribution in [2.75, 3.05) is 17.4 Å². The van der Waals surface area contributed by atoms with Crippen molar-refractivity contribution in [3.05, 3.63) is 94.2 Å². The van der Waals surface area contributed by atoms with Crippen molar-refractivity contribution in [3.8, 4) is 0 Å². The number of hydrogen-bond acceptors (Lipinski definition) is 4. The number of carbonyl (C=O) groups is 2. The maximum absolute atomic E-state index is 14.9. The van der Waals surface area contributed by atoms with Crippen molar-refractivity contribution < 1.29 is 22.4 Å². The molecule has 1 unspecified atom stereocenters. The summed E-state index contributed by atoms with van der Waals surface area (Å²) < 4.78 is 42.9. The highest BCUT2D eigenvalue weighted by Crippen LogP contribution is 2.29. The van der Waals surface area contributed by atoms with Gasteiger partial charge in [0.2, 0.25) is 11.8 Å². The lowest BCUT2D eigenvalue weighted by molar-refractivity contribution is -0.139. The highest BCUT2D eigenvalue weighted by Gasteiger charge is 2.34. The van der Waals surface area contributed by atoms with Gasteiger partial charge in [-0.05, 0) is 49.2 Å². The van der Waals surface area contributed by atoms with Gasteiger partial charge in [-0.3, -0.25) is 13.9 Å². The monoisotopic (exact) mass is 593 g/mol. The van der Waals surface area contributed by atoms with Gasteiger partial charge in [-0.25, -0.2) is 12.8 Å². The zero-order chi connectivity index (χ0) is 28.7. The normalized spacial score (nSPS) is 12.2. The first-order chi connectivity index (χ1) is 18.4. The van der Waals surface area contributed by atoms with Gasteiger partial charge in [-0.15, -0.1) is 0 Å². The maximum Gasteiger partial charge on any atom is 0.264 e. The molecule has 39 heavy (non-hydrogen) atoms. The average molecular weight is 595 g/mol. The second kappa shape index (κ2) is 13.3. The second-order valence-electron chi connectivity index (χ2n) is 9.31. The van der Waals surface area contributed by atoms with Gasteiger partial charge >= 0.3 is 0 Å². The largest absolute Gasteiger partial charge is 0.354 e. The van der Waals surface area contributed by atoms with Gasteiger partial charge in [-0.2, -0.15) is 0 Å². The summed E-state index contributed by atoms with van der Waals surface area (Å²) in [6.07, 6.45) is 0. The Morgan fingerprint density at radius 3 is 2.08 bits per heavy atom. The van der Waals surface area contributed by atoms with E-state index in [-0.39, 0.29) is 33.1 Å². The molecule has 1 atom stereocenters. The lowest BCUT2D eigenvalue weighted by atomic mass is 10.1. The molecule has 0 aliphatic rings. The summed E-state index contributed by atoms with van der Waals surface area (Å²) in [6, 6.07) is 16.5. The summed E-state index contributed by atoms with van der Waals surface area (Å²) in [5, 5.41) is 3.34. The molecular formula is C28H30Cl2FN3O4S. The van der Waals surface area contributed by atoms with Crippen molar-refractivity contribution in [2.24, 2.45) is 5.92 Å². The van der Waals surface area contributed by atoms with Crippen LogP contribution in [0.15, 0.2) is 77.7 Å². The minimum Gasteiger partial charge on any atom is -0.354 e. The second-order valence-corrected chi connectivity index (χ2v) is 12.0. The molecule has 0 radical (unpaired) electrons. The minimum atomic E-state index is -4.37. The number of carbonyl (C=O) groups excluding carboxylic acids is 2. The van der Waals surface area contributed by atoms with Gasteiger partial charge in [0, 0.05) is 28.7 Å². The van der Waals surface area contributed by atoms with Crippen LogP contribution in [0.3, 0.4) is 0 Å². The van der Waals surface area contributed by atoms with Crippen LogP contribution < -0.4 is 9.62 Å². The molecule has 0 aromatic heterocycles. The molecule has 3 aromatic carbocycles. The fraction of sp³-hybridized carbons (Fsp3) is 0.286. The van der Waals surface area contributed by atoms with Crippen molar-refractivity contribution in [1.29, 1.82) is 0 Å². The molecular weight excluding hydrogens is 564 g/mol. The molecule has 7 nitrogen and oxygen atoms in total. The van der Waals surface area contributed by atoms with Gasteiger partial charge in [0.05, 0.1) is 10.6 Å². The highest BCUT2D eigenvalue weighted by atomic mass is 35.5. The molecule has 3 aromatic rings. The predicted octanol–water partition coefficient (Wildman–Crippen LogP) is 5.52. The van der Waals surface area contributed by atoms with E-state index in [0.29, 0.717) is 16.4 Å². The number of nitrogens with one attached hydrogen (secondary N) is 1. The topological polar surface area (TPSA) is 86.8 Å². The molecule has 0 spiro atoms.